The zero-order chi connectivity index (χ0) is 18.7. The Hall–Kier alpha value is -2.34. The SMILES string of the molecule is CCOc1ccc(CN(C)CN2C(=O)[C@@H]3CC=CC[C@H]3C2=O)cc1OC. The third-order valence-electron chi connectivity index (χ3n) is 4.96. The normalized spacial score (nSPS) is 22.1. The predicted molar refractivity (Wildman–Crippen MR) is 97.7 cm³/mol. The molecule has 6 heteroatoms. The molecule has 1 fully saturated rings. The third-order valence-corrected chi connectivity index (χ3v) is 4.96. The molecule has 0 spiro atoms. The molecule has 0 unspecified atom stereocenters. The molecule has 0 N–H and O–H groups in total. The van der Waals surface area contributed by atoms with Crippen LogP contribution in [0.15, 0.2) is 30.4 Å². The van der Waals surface area contributed by atoms with Gasteiger partial charge >= 0.3 is 0 Å². The molecule has 26 heavy (non-hydrogen) atoms. The van der Waals surface area contributed by atoms with Crippen LogP contribution in [0.2, 0.25) is 0 Å². The lowest BCUT2D eigenvalue weighted by molar-refractivity contribution is -0.142. The Balaban J connectivity index is 1.65. The van der Waals surface area contributed by atoms with Gasteiger partial charge in [-0.25, -0.2) is 0 Å². The molecule has 0 radical (unpaired) electrons. The number of carbonyl (C=O) groups is 2. The highest BCUT2D eigenvalue weighted by Gasteiger charge is 2.47. The zero-order valence-electron chi connectivity index (χ0n) is 15.6. The lowest BCUT2D eigenvalue weighted by atomic mass is 9.85. The highest BCUT2D eigenvalue weighted by Crippen LogP contribution is 2.35. The van der Waals surface area contributed by atoms with Crippen LogP contribution in [0.25, 0.3) is 0 Å². The van der Waals surface area contributed by atoms with Gasteiger partial charge in [-0.1, -0.05) is 18.2 Å². The van der Waals surface area contributed by atoms with Gasteiger partial charge in [0.2, 0.25) is 11.8 Å². The minimum atomic E-state index is -0.175. The lowest BCUT2D eigenvalue weighted by Gasteiger charge is -2.23. The van der Waals surface area contributed by atoms with E-state index < -0.39 is 0 Å². The Bertz CT molecular complexity index is 690. The number of nitrogens with zero attached hydrogens (tertiary/aromatic N) is 2. The van der Waals surface area contributed by atoms with E-state index in [1.807, 2.05) is 49.2 Å². The fraction of sp³-hybridized carbons (Fsp3) is 0.500. The van der Waals surface area contributed by atoms with E-state index in [1.54, 1.807) is 7.11 Å². The Morgan fingerprint density at radius 2 is 1.77 bits per heavy atom. The topological polar surface area (TPSA) is 59.1 Å². The van der Waals surface area contributed by atoms with Gasteiger partial charge < -0.3 is 9.47 Å². The van der Waals surface area contributed by atoms with Gasteiger partial charge in [-0.2, -0.15) is 0 Å². The highest BCUT2D eigenvalue weighted by atomic mass is 16.5. The van der Waals surface area contributed by atoms with Gasteiger partial charge in [0.05, 0.1) is 32.2 Å². The minimum Gasteiger partial charge on any atom is -0.493 e. The molecule has 0 aromatic heterocycles. The summed E-state index contributed by atoms with van der Waals surface area (Å²) in [5.41, 5.74) is 1.03. The third kappa shape index (κ3) is 3.60. The Morgan fingerprint density at radius 3 is 2.35 bits per heavy atom. The molecule has 3 rings (SSSR count). The van der Waals surface area contributed by atoms with E-state index in [2.05, 4.69) is 0 Å². The molecule has 1 saturated heterocycles. The van der Waals surface area contributed by atoms with Crippen molar-refractivity contribution in [3.63, 3.8) is 0 Å². The minimum absolute atomic E-state index is 0.0412. The second kappa shape index (κ2) is 7.91. The van der Waals surface area contributed by atoms with Gasteiger partial charge in [-0.15, -0.1) is 0 Å². The van der Waals surface area contributed by atoms with E-state index in [1.165, 1.54) is 4.90 Å². The quantitative estimate of drug-likeness (QED) is 0.553. The van der Waals surface area contributed by atoms with Crippen LogP contribution >= 0.6 is 0 Å². The van der Waals surface area contributed by atoms with Gasteiger partial charge in [0.1, 0.15) is 0 Å². The first kappa shape index (κ1) is 18.5. The van der Waals surface area contributed by atoms with Crippen LogP contribution in [0.3, 0.4) is 0 Å². The number of allylic oxidation sites excluding steroid dienone is 2. The first-order chi connectivity index (χ1) is 12.5. The molecule has 1 aliphatic heterocycles. The van der Waals surface area contributed by atoms with Crippen molar-refractivity contribution in [3.8, 4) is 11.5 Å². The van der Waals surface area contributed by atoms with Gasteiger partial charge in [-0.3, -0.25) is 19.4 Å². The van der Waals surface area contributed by atoms with Gasteiger partial charge in [0.25, 0.3) is 0 Å². The maximum absolute atomic E-state index is 12.6. The molecule has 2 aliphatic rings. The number of carbonyl (C=O) groups excluding carboxylic acids is 2. The molecule has 140 valence electrons. The number of amides is 2. The van der Waals surface area contributed by atoms with Crippen molar-refractivity contribution in [2.24, 2.45) is 11.8 Å². The molecular weight excluding hydrogens is 332 g/mol. The average Bonchev–Trinajstić information content (AvgIpc) is 2.88. The number of likely N-dealkylation sites (tertiary alicyclic amines) is 1. The van der Waals surface area contributed by atoms with Gasteiger partial charge in [0, 0.05) is 6.54 Å². The standard InChI is InChI=1S/C20H26N2O4/c1-4-26-17-10-9-14(11-18(17)25-3)12-21(2)13-22-19(23)15-7-5-6-8-16(15)20(22)24/h5-6,9-11,15-16H,4,7-8,12-13H2,1-3H3/t15-,16-/m1/s1. The summed E-state index contributed by atoms with van der Waals surface area (Å²) in [4.78, 5) is 28.5. The molecule has 1 aromatic rings. The molecule has 2 amide bonds. The summed E-state index contributed by atoms with van der Waals surface area (Å²) in [6, 6.07) is 5.79. The van der Waals surface area contributed by atoms with Crippen LogP contribution in [0.4, 0.5) is 0 Å². The van der Waals surface area contributed by atoms with E-state index in [0.717, 1.165) is 5.56 Å². The number of rotatable bonds is 7. The predicted octanol–water partition coefficient (Wildman–Crippen LogP) is 2.43. The number of ether oxygens (including phenoxy) is 2. The van der Waals surface area contributed by atoms with Crippen LogP contribution < -0.4 is 9.47 Å². The van der Waals surface area contributed by atoms with Gasteiger partial charge in [-0.05, 0) is 44.5 Å². The smallest absolute Gasteiger partial charge is 0.234 e. The lowest BCUT2D eigenvalue weighted by Crippen LogP contribution is -2.40. The Kier molecular flexibility index (Phi) is 5.61. The van der Waals surface area contributed by atoms with Crippen molar-refractivity contribution in [1.29, 1.82) is 0 Å². The fourth-order valence-corrected chi connectivity index (χ4v) is 3.70. The number of imide groups is 1. The largest absolute Gasteiger partial charge is 0.493 e. The fourth-order valence-electron chi connectivity index (χ4n) is 3.70. The summed E-state index contributed by atoms with van der Waals surface area (Å²) in [5.74, 6) is 0.963. The van der Waals surface area contributed by atoms with Crippen LogP contribution in [-0.4, -0.2) is 49.0 Å². The summed E-state index contributed by atoms with van der Waals surface area (Å²) >= 11 is 0. The monoisotopic (exact) mass is 358 g/mol. The van der Waals surface area contributed by atoms with E-state index in [-0.39, 0.29) is 23.7 Å². The number of hydrogen-bond acceptors (Lipinski definition) is 5. The van der Waals surface area contributed by atoms with Gasteiger partial charge in [0.15, 0.2) is 11.5 Å². The summed E-state index contributed by atoms with van der Waals surface area (Å²) in [6.07, 6.45) is 5.36. The second-order valence-corrected chi connectivity index (χ2v) is 6.83. The van der Waals surface area contributed by atoms with Crippen molar-refractivity contribution in [1.82, 2.24) is 9.80 Å². The molecule has 0 saturated carbocycles. The number of hydrogen-bond donors (Lipinski definition) is 0. The Labute approximate surface area is 154 Å². The van der Waals surface area contributed by atoms with Crippen molar-refractivity contribution in [2.45, 2.75) is 26.3 Å². The van der Waals surface area contributed by atoms with Crippen LogP contribution in [0.5, 0.6) is 11.5 Å². The molecule has 2 atom stereocenters. The van der Waals surface area contributed by atoms with Crippen LogP contribution in [0.1, 0.15) is 25.3 Å². The Morgan fingerprint density at radius 1 is 1.12 bits per heavy atom. The van der Waals surface area contributed by atoms with E-state index in [4.69, 9.17) is 9.47 Å². The van der Waals surface area contributed by atoms with Crippen LogP contribution in [0, 0.1) is 11.8 Å². The summed E-state index contributed by atoms with van der Waals surface area (Å²) in [5, 5.41) is 0. The van der Waals surface area contributed by atoms with E-state index >= 15 is 0 Å². The summed E-state index contributed by atoms with van der Waals surface area (Å²) < 4.78 is 10.9. The second-order valence-electron chi connectivity index (χ2n) is 6.83. The average molecular weight is 358 g/mol. The molecule has 6 nitrogen and oxygen atoms in total. The molecule has 1 aliphatic carbocycles. The number of fused-ring (bicyclic) bond motifs is 1. The van der Waals surface area contributed by atoms with Crippen LogP contribution in [-0.2, 0) is 16.1 Å². The number of methoxy groups -OCH3 is 1. The summed E-state index contributed by atoms with van der Waals surface area (Å²) in [7, 11) is 3.52. The maximum Gasteiger partial charge on any atom is 0.234 e. The first-order valence-corrected chi connectivity index (χ1v) is 9.03. The highest BCUT2D eigenvalue weighted by molar-refractivity contribution is 6.05. The summed E-state index contributed by atoms with van der Waals surface area (Å²) in [6.45, 7) is 3.41. The maximum atomic E-state index is 12.6. The van der Waals surface area contributed by atoms with Crippen molar-refractivity contribution < 1.29 is 19.1 Å². The van der Waals surface area contributed by atoms with Crippen molar-refractivity contribution >= 4 is 11.8 Å². The zero-order valence-corrected chi connectivity index (χ0v) is 15.6. The molecule has 1 aromatic carbocycles. The molecular formula is C20H26N2O4. The molecule has 0 bridgehead atoms. The number of benzene rings is 1. The van der Waals surface area contributed by atoms with E-state index in [9.17, 15) is 9.59 Å². The van der Waals surface area contributed by atoms with Crippen molar-refractivity contribution in [2.75, 3.05) is 27.4 Å². The molecule has 1 heterocycles. The first-order valence-electron chi connectivity index (χ1n) is 9.03. The van der Waals surface area contributed by atoms with E-state index in [0.29, 0.717) is 44.2 Å². The van der Waals surface area contributed by atoms with Crippen molar-refractivity contribution in [3.05, 3.63) is 35.9 Å².